The smallest absolute Gasteiger partial charge is 0.326 e. The molecular weight excluding hydrogens is 320 g/mol. The van der Waals surface area contributed by atoms with Crippen LogP contribution in [0.3, 0.4) is 0 Å². The van der Waals surface area contributed by atoms with E-state index < -0.39 is 48.5 Å². The molecule has 4 N–H and O–H groups in total. The van der Waals surface area contributed by atoms with Crippen LogP contribution in [-0.4, -0.2) is 53.4 Å². The number of nitrogens with zero attached hydrogens (tertiary/aromatic N) is 1. The Morgan fingerprint density at radius 2 is 2.08 bits per heavy atom. The molecule has 1 aliphatic carbocycles. The van der Waals surface area contributed by atoms with Crippen molar-refractivity contribution in [2.45, 2.75) is 38.1 Å². The third-order valence-corrected chi connectivity index (χ3v) is 4.42. The van der Waals surface area contributed by atoms with Gasteiger partial charge in [0.05, 0.1) is 0 Å². The van der Waals surface area contributed by atoms with Gasteiger partial charge in [-0.05, 0) is 18.8 Å². The Bertz CT molecular complexity index is 592. The molecule has 10 heteroatoms. The summed E-state index contributed by atoms with van der Waals surface area (Å²) in [6.07, 6.45) is 3.16. The number of hydrogen-bond acceptors (Lipinski definition) is 6. The van der Waals surface area contributed by atoms with E-state index in [2.05, 4.69) is 10.1 Å². The van der Waals surface area contributed by atoms with E-state index in [0.29, 0.717) is 6.42 Å². The SMILES string of the molecule is C[C@H]1CCCC[C@]12NC(=O)N(CC(=O)OCC(=O)NC(N)=O)C2=O. The second kappa shape index (κ2) is 6.85. The third-order valence-electron chi connectivity index (χ3n) is 4.42. The van der Waals surface area contributed by atoms with Crippen molar-refractivity contribution in [3.63, 3.8) is 0 Å². The van der Waals surface area contributed by atoms with E-state index in [1.807, 2.05) is 6.92 Å². The minimum absolute atomic E-state index is 0.0231. The van der Waals surface area contributed by atoms with Gasteiger partial charge in [0.15, 0.2) is 6.61 Å². The van der Waals surface area contributed by atoms with Crippen molar-refractivity contribution in [3.05, 3.63) is 0 Å². The molecule has 10 nitrogen and oxygen atoms in total. The Hall–Kier alpha value is -2.65. The average molecular weight is 340 g/mol. The Balaban J connectivity index is 1.94. The van der Waals surface area contributed by atoms with E-state index >= 15 is 0 Å². The number of carbonyl (C=O) groups is 5. The zero-order chi connectivity index (χ0) is 17.9. The van der Waals surface area contributed by atoms with Crippen molar-refractivity contribution in [1.82, 2.24) is 15.5 Å². The van der Waals surface area contributed by atoms with Gasteiger partial charge >= 0.3 is 18.0 Å². The molecule has 0 aromatic heterocycles. The molecule has 1 aliphatic heterocycles. The van der Waals surface area contributed by atoms with Gasteiger partial charge in [-0.1, -0.05) is 19.8 Å². The van der Waals surface area contributed by atoms with E-state index in [0.717, 1.165) is 24.2 Å². The van der Waals surface area contributed by atoms with Crippen LogP contribution < -0.4 is 16.4 Å². The number of hydrogen-bond donors (Lipinski definition) is 3. The highest BCUT2D eigenvalue weighted by Gasteiger charge is 2.55. The number of amides is 6. The first-order chi connectivity index (χ1) is 11.3. The van der Waals surface area contributed by atoms with Gasteiger partial charge in [0.2, 0.25) is 0 Å². The molecule has 1 saturated heterocycles. The van der Waals surface area contributed by atoms with Crippen LogP contribution in [-0.2, 0) is 19.1 Å². The molecule has 0 radical (unpaired) electrons. The maximum absolute atomic E-state index is 12.6. The lowest BCUT2D eigenvalue weighted by Crippen LogP contribution is -2.54. The van der Waals surface area contributed by atoms with Gasteiger partial charge in [-0.15, -0.1) is 0 Å². The van der Waals surface area contributed by atoms with Crippen molar-refractivity contribution in [2.24, 2.45) is 11.7 Å². The van der Waals surface area contributed by atoms with Gasteiger partial charge in [-0.3, -0.25) is 24.6 Å². The largest absolute Gasteiger partial charge is 0.454 e. The predicted octanol–water partition coefficient (Wildman–Crippen LogP) is -0.775. The van der Waals surface area contributed by atoms with Crippen LogP contribution in [0.25, 0.3) is 0 Å². The minimum Gasteiger partial charge on any atom is -0.454 e. The molecular formula is C14H20N4O6. The number of urea groups is 2. The fraction of sp³-hybridized carbons (Fsp3) is 0.643. The van der Waals surface area contributed by atoms with Crippen LogP contribution in [0.2, 0.25) is 0 Å². The maximum Gasteiger partial charge on any atom is 0.326 e. The Kier molecular flexibility index (Phi) is 5.05. The molecule has 0 unspecified atom stereocenters. The highest BCUT2D eigenvalue weighted by atomic mass is 16.5. The lowest BCUT2D eigenvalue weighted by molar-refractivity contribution is -0.151. The first-order valence-electron chi connectivity index (χ1n) is 7.65. The maximum atomic E-state index is 12.6. The molecule has 2 atom stereocenters. The van der Waals surface area contributed by atoms with Crippen LogP contribution in [0.1, 0.15) is 32.6 Å². The minimum atomic E-state index is -1.07. The molecule has 2 aliphatic rings. The van der Waals surface area contributed by atoms with Crippen molar-refractivity contribution < 1.29 is 28.7 Å². The molecule has 132 valence electrons. The highest BCUT2D eigenvalue weighted by molar-refractivity contribution is 6.09. The highest BCUT2D eigenvalue weighted by Crippen LogP contribution is 2.38. The monoisotopic (exact) mass is 340 g/mol. The molecule has 1 saturated carbocycles. The summed E-state index contributed by atoms with van der Waals surface area (Å²) in [5.74, 6) is -2.30. The lowest BCUT2D eigenvalue weighted by Gasteiger charge is -2.36. The number of imide groups is 2. The standard InChI is InChI=1S/C14H20N4O6/c1-8-4-2-3-5-14(8)11(21)18(13(23)17-14)6-10(20)24-7-9(19)16-12(15)22/h8H,2-7H2,1H3,(H,17,23)(H3,15,16,19,22)/t8-,14-/m0/s1. The number of carbonyl (C=O) groups excluding carboxylic acids is 5. The van der Waals surface area contributed by atoms with Gasteiger partial charge in [-0.25, -0.2) is 9.59 Å². The summed E-state index contributed by atoms with van der Waals surface area (Å²) in [4.78, 5) is 58.9. The molecule has 0 aromatic carbocycles. The summed E-state index contributed by atoms with van der Waals surface area (Å²) in [6, 6.07) is -1.72. The summed E-state index contributed by atoms with van der Waals surface area (Å²) in [6.45, 7) is 0.573. The number of nitrogens with one attached hydrogen (secondary N) is 2. The summed E-state index contributed by atoms with van der Waals surface area (Å²) in [7, 11) is 0. The van der Waals surface area contributed by atoms with Crippen LogP contribution in [0.15, 0.2) is 0 Å². The van der Waals surface area contributed by atoms with Crippen molar-refractivity contribution in [2.75, 3.05) is 13.2 Å². The number of esters is 1. The van der Waals surface area contributed by atoms with E-state index in [1.54, 1.807) is 5.32 Å². The first-order valence-corrected chi connectivity index (χ1v) is 7.65. The topological polar surface area (TPSA) is 148 Å². The summed E-state index contributed by atoms with van der Waals surface area (Å²) in [5, 5.41) is 4.43. The summed E-state index contributed by atoms with van der Waals surface area (Å²) in [5.41, 5.74) is 3.78. The molecule has 24 heavy (non-hydrogen) atoms. The molecule has 0 aromatic rings. The van der Waals surface area contributed by atoms with Crippen molar-refractivity contribution in [1.29, 1.82) is 0 Å². The molecule has 2 fully saturated rings. The first kappa shape index (κ1) is 17.7. The summed E-state index contributed by atoms with van der Waals surface area (Å²) < 4.78 is 4.63. The third kappa shape index (κ3) is 3.47. The molecule has 1 heterocycles. The second-order valence-electron chi connectivity index (χ2n) is 6.01. The van der Waals surface area contributed by atoms with Crippen LogP contribution in [0, 0.1) is 5.92 Å². The van der Waals surface area contributed by atoms with E-state index in [-0.39, 0.29) is 5.92 Å². The van der Waals surface area contributed by atoms with Gasteiger partial charge in [0.25, 0.3) is 11.8 Å². The van der Waals surface area contributed by atoms with E-state index in [1.165, 1.54) is 0 Å². The second-order valence-corrected chi connectivity index (χ2v) is 6.01. The van der Waals surface area contributed by atoms with E-state index in [4.69, 9.17) is 5.73 Å². The van der Waals surface area contributed by atoms with Crippen LogP contribution in [0.4, 0.5) is 9.59 Å². The van der Waals surface area contributed by atoms with E-state index in [9.17, 15) is 24.0 Å². The fourth-order valence-corrected chi connectivity index (χ4v) is 3.13. The zero-order valence-corrected chi connectivity index (χ0v) is 13.3. The number of primary amides is 1. The molecule has 6 amide bonds. The molecule has 1 spiro atoms. The Labute approximate surface area is 138 Å². The van der Waals surface area contributed by atoms with Crippen molar-refractivity contribution in [3.8, 4) is 0 Å². The van der Waals surface area contributed by atoms with Crippen molar-refractivity contribution >= 4 is 29.8 Å². The van der Waals surface area contributed by atoms with Gasteiger partial charge in [0.1, 0.15) is 12.1 Å². The normalized spacial score (nSPS) is 26.2. The fourth-order valence-electron chi connectivity index (χ4n) is 3.13. The predicted molar refractivity (Wildman–Crippen MR) is 79.3 cm³/mol. The molecule has 2 rings (SSSR count). The number of rotatable bonds is 4. The quantitative estimate of drug-likeness (QED) is 0.452. The Morgan fingerprint density at radius 3 is 2.71 bits per heavy atom. The lowest BCUT2D eigenvalue weighted by atomic mass is 9.73. The summed E-state index contributed by atoms with van der Waals surface area (Å²) >= 11 is 0. The van der Waals surface area contributed by atoms with Crippen LogP contribution >= 0.6 is 0 Å². The van der Waals surface area contributed by atoms with Gasteiger partial charge < -0.3 is 15.8 Å². The van der Waals surface area contributed by atoms with Crippen LogP contribution in [0.5, 0.6) is 0 Å². The van der Waals surface area contributed by atoms with Gasteiger partial charge in [-0.2, -0.15) is 0 Å². The number of nitrogens with two attached hydrogens (primary N) is 1. The van der Waals surface area contributed by atoms with Gasteiger partial charge in [0, 0.05) is 0 Å². The molecule has 0 bridgehead atoms. The Morgan fingerprint density at radius 1 is 1.38 bits per heavy atom. The number of ether oxygens (including phenoxy) is 1. The zero-order valence-electron chi connectivity index (χ0n) is 13.3. The average Bonchev–Trinajstić information content (AvgIpc) is 2.73.